The third-order valence-corrected chi connectivity index (χ3v) is 1.52. The summed E-state index contributed by atoms with van der Waals surface area (Å²) in [5.74, 6) is -1.09. The summed E-state index contributed by atoms with van der Waals surface area (Å²) in [6, 6.07) is 2.34. The van der Waals surface area contributed by atoms with Crippen LogP contribution in [-0.4, -0.2) is 17.5 Å². The zero-order valence-electron chi connectivity index (χ0n) is 8.43. The van der Waals surface area contributed by atoms with Gasteiger partial charge in [-0.15, -0.1) is 0 Å². The second kappa shape index (κ2) is 4.59. The minimum atomic E-state index is -0.709. The molecule has 0 spiro atoms. The SMILES string of the molecule is CC(C)COC(=O)c1ccc([N+](=O)[O-])o1. The van der Waals surface area contributed by atoms with Crippen LogP contribution in [0.5, 0.6) is 0 Å². The van der Waals surface area contributed by atoms with Gasteiger partial charge < -0.3 is 9.15 Å². The fourth-order valence-electron chi connectivity index (χ4n) is 0.849. The zero-order chi connectivity index (χ0) is 11.4. The van der Waals surface area contributed by atoms with Crippen LogP contribution >= 0.6 is 0 Å². The maximum Gasteiger partial charge on any atom is 0.433 e. The van der Waals surface area contributed by atoms with Gasteiger partial charge in [0.15, 0.2) is 0 Å². The monoisotopic (exact) mass is 213 g/mol. The van der Waals surface area contributed by atoms with Gasteiger partial charge in [0.05, 0.1) is 12.7 Å². The molecule has 0 fully saturated rings. The summed E-state index contributed by atoms with van der Waals surface area (Å²) < 4.78 is 9.49. The highest BCUT2D eigenvalue weighted by molar-refractivity contribution is 5.86. The second-order valence-corrected chi connectivity index (χ2v) is 3.39. The summed E-state index contributed by atoms with van der Waals surface area (Å²) in [5.41, 5.74) is 0. The number of nitrogens with zero attached hydrogens (tertiary/aromatic N) is 1. The fourth-order valence-corrected chi connectivity index (χ4v) is 0.849. The van der Waals surface area contributed by atoms with Crippen molar-refractivity contribution in [1.29, 1.82) is 0 Å². The number of hydrogen-bond donors (Lipinski definition) is 0. The van der Waals surface area contributed by atoms with Gasteiger partial charge in [-0.1, -0.05) is 13.8 Å². The number of rotatable bonds is 4. The van der Waals surface area contributed by atoms with Crippen molar-refractivity contribution in [2.75, 3.05) is 6.61 Å². The van der Waals surface area contributed by atoms with E-state index in [0.717, 1.165) is 6.07 Å². The molecule has 0 radical (unpaired) electrons. The highest BCUT2D eigenvalue weighted by atomic mass is 16.7. The Morgan fingerprint density at radius 3 is 2.73 bits per heavy atom. The molecule has 0 aliphatic carbocycles. The van der Waals surface area contributed by atoms with Crippen LogP contribution in [0, 0.1) is 16.0 Å². The molecule has 1 aromatic rings. The smallest absolute Gasteiger partial charge is 0.433 e. The molecule has 0 unspecified atom stereocenters. The lowest BCUT2D eigenvalue weighted by Crippen LogP contribution is -2.09. The molecule has 15 heavy (non-hydrogen) atoms. The standard InChI is InChI=1S/C9H11NO5/c1-6(2)5-14-9(11)7-3-4-8(15-7)10(12)13/h3-4,6H,5H2,1-2H3. The maximum atomic E-state index is 11.2. The molecule has 1 aromatic heterocycles. The van der Waals surface area contributed by atoms with Crippen LogP contribution < -0.4 is 0 Å². The average molecular weight is 213 g/mol. The molecule has 0 aromatic carbocycles. The van der Waals surface area contributed by atoms with E-state index < -0.39 is 16.8 Å². The number of carbonyl (C=O) groups excluding carboxylic acids is 1. The Balaban J connectivity index is 2.62. The third kappa shape index (κ3) is 3.08. The molecular formula is C9H11NO5. The Hall–Kier alpha value is -1.85. The third-order valence-electron chi connectivity index (χ3n) is 1.52. The van der Waals surface area contributed by atoms with Crippen LogP contribution in [0.15, 0.2) is 16.5 Å². The average Bonchev–Trinajstić information content (AvgIpc) is 2.62. The fraction of sp³-hybridized carbons (Fsp3) is 0.444. The first-order chi connectivity index (χ1) is 7.00. The molecule has 1 rings (SSSR count). The quantitative estimate of drug-likeness (QED) is 0.434. The lowest BCUT2D eigenvalue weighted by atomic mass is 10.2. The predicted octanol–water partition coefficient (Wildman–Crippen LogP) is 2.00. The van der Waals surface area contributed by atoms with E-state index in [0.29, 0.717) is 0 Å². The number of esters is 1. The Bertz CT molecular complexity index is 368. The molecule has 0 N–H and O–H groups in total. The minimum absolute atomic E-state index is 0.151. The molecule has 0 atom stereocenters. The highest BCUT2D eigenvalue weighted by Gasteiger charge is 2.18. The Morgan fingerprint density at radius 2 is 2.27 bits per heavy atom. The number of carbonyl (C=O) groups is 1. The van der Waals surface area contributed by atoms with Crippen LogP contribution in [-0.2, 0) is 4.74 Å². The van der Waals surface area contributed by atoms with Crippen molar-refractivity contribution in [2.45, 2.75) is 13.8 Å². The van der Waals surface area contributed by atoms with Gasteiger partial charge in [0, 0.05) is 0 Å². The van der Waals surface area contributed by atoms with Gasteiger partial charge in [0.25, 0.3) is 0 Å². The molecule has 82 valence electrons. The second-order valence-electron chi connectivity index (χ2n) is 3.39. The van der Waals surface area contributed by atoms with Crippen molar-refractivity contribution in [3.05, 3.63) is 28.0 Å². The summed E-state index contributed by atoms with van der Waals surface area (Å²) in [7, 11) is 0. The van der Waals surface area contributed by atoms with Crippen molar-refractivity contribution in [2.24, 2.45) is 5.92 Å². The molecule has 0 saturated carbocycles. The molecule has 0 amide bonds. The van der Waals surface area contributed by atoms with Crippen LogP contribution in [0.2, 0.25) is 0 Å². The van der Waals surface area contributed by atoms with Crippen molar-refractivity contribution in [1.82, 2.24) is 0 Å². The van der Waals surface area contributed by atoms with Gasteiger partial charge in [0.2, 0.25) is 5.76 Å². The van der Waals surface area contributed by atoms with E-state index in [-0.39, 0.29) is 18.3 Å². The van der Waals surface area contributed by atoms with E-state index in [1.54, 1.807) is 0 Å². The lowest BCUT2D eigenvalue weighted by molar-refractivity contribution is -0.402. The molecule has 0 bridgehead atoms. The van der Waals surface area contributed by atoms with E-state index in [2.05, 4.69) is 4.42 Å². The molecule has 0 aliphatic rings. The van der Waals surface area contributed by atoms with Gasteiger partial charge >= 0.3 is 11.9 Å². The van der Waals surface area contributed by atoms with Crippen molar-refractivity contribution < 1.29 is 18.9 Å². The minimum Gasteiger partial charge on any atom is -0.460 e. The number of furan rings is 1. The Labute approximate surface area is 86.0 Å². The number of ether oxygens (including phenoxy) is 1. The predicted molar refractivity (Wildman–Crippen MR) is 50.5 cm³/mol. The molecule has 1 heterocycles. The zero-order valence-corrected chi connectivity index (χ0v) is 8.43. The van der Waals surface area contributed by atoms with Crippen molar-refractivity contribution >= 4 is 11.9 Å². The van der Waals surface area contributed by atoms with E-state index in [1.165, 1.54) is 6.07 Å². The van der Waals surface area contributed by atoms with E-state index in [4.69, 9.17) is 4.74 Å². The maximum absolute atomic E-state index is 11.2. The van der Waals surface area contributed by atoms with Gasteiger partial charge in [-0.25, -0.2) is 4.79 Å². The molecule has 6 heteroatoms. The van der Waals surface area contributed by atoms with E-state index in [9.17, 15) is 14.9 Å². The Kier molecular flexibility index (Phi) is 3.43. The molecule has 6 nitrogen and oxygen atoms in total. The Morgan fingerprint density at radius 1 is 1.60 bits per heavy atom. The van der Waals surface area contributed by atoms with Gasteiger partial charge in [-0.3, -0.25) is 10.1 Å². The normalized spacial score (nSPS) is 10.3. The molecule has 0 aliphatic heterocycles. The molecule has 0 saturated heterocycles. The number of hydrogen-bond acceptors (Lipinski definition) is 5. The first kappa shape index (κ1) is 11.2. The van der Waals surface area contributed by atoms with Crippen LogP contribution in [0.1, 0.15) is 24.4 Å². The summed E-state index contributed by atoms with van der Waals surface area (Å²) in [6.45, 7) is 4.03. The lowest BCUT2D eigenvalue weighted by Gasteiger charge is -2.04. The van der Waals surface area contributed by atoms with Gasteiger partial charge in [0.1, 0.15) is 4.92 Å². The van der Waals surface area contributed by atoms with Crippen LogP contribution in [0.25, 0.3) is 0 Å². The summed E-state index contributed by atoms with van der Waals surface area (Å²) in [6.07, 6.45) is 0. The van der Waals surface area contributed by atoms with Crippen molar-refractivity contribution in [3.8, 4) is 0 Å². The number of nitro groups is 1. The van der Waals surface area contributed by atoms with Crippen LogP contribution in [0.3, 0.4) is 0 Å². The largest absolute Gasteiger partial charge is 0.460 e. The first-order valence-electron chi connectivity index (χ1n) is 4.42. The van der Waals surface area contributed by atoms with E-state index >= 15 is 0 Å². The summed E-state index contributed by atoms with van der Waals surface area (Å²) >= 11 is 0. The van der Waals surface area contributed by atoms with Gasteiger partial charge in [-0.2, -0.15) is 0 Å². The van der Waals surface area contributed by atoms with Crippen molar-refractivity contribution in [3.63, 3.8) is 0 Å². The molecular weight excluding hydrogens is 202 g/mol. The topological polar surface area (TPSA) is 82.6 Å². The van der Waals surface area contributed by atoms with Crippen LogP contribution in [0.4, 0.5) is 5.88 Å². The summed E-state index contributed by atoms with van der Waals surface area (Å²) in [5, 5.41) is 10.3. The first-order valence-corrected chi connectivity index (χ1v) is 4.42. The van der Waals surface area contributed by atoms with Gasteiger partial charge in [-0.05, 0) is 12.0 Å². The highest BCUT2D eigenvalue weighted by Crippen LogP contribution is 2.16. The van der Waals surface area contributed by atoms with E-state index in [1.807, 2.05) is 13.8 Å². The summed E-state index contributed by atoms with van der Waals surface area (Å²) in [4.78, 5) is 20.8.